The number of ether oxygens (including phenoxy) is 1. The number of hydrogen-bond donors (Lipinski definition) is 1. The minimum absolute atomic E-state index is 0.323. The molecule has 0 aliphatic carbocycles. The molecule has 0 fully saturated rings. The molecule has 0 radical (unpaired) electrons. The summed E-state index contributed by atoms with van der Waals surface area (Å²) >= 11 is 11.8. The summed E-state index contributed by atoms with van der Waals surface area (Å²) in [5.41, 5.74) is 1.02. The lowest BCUT2D eigenvalue weighted by Gasteiger charge is -2.18. The van der Waals surface area contributed by atoms with Crippen LogP contribution in [0.5, 0.6) is 0 Å². The molecule has 0 spiro atoms. The number of anilines is 1. The fourth-order valence-electron chi connectivity index (χ4n) is 1.83. The van der Waals surface area contributed by atoms with Crippen molar-refractivity contribution in [1.29, 1.82) is 0 Å². The van der Waals surface area contributed by atoms with Crippen molar-refractivity contribution < 1.29 is 13.9 Å². The number of rotatable bonds is 4. The van der Waals surface area contributed by atoms with Crippen LogP contribution in [0.25, 0.3) is 0 Å². The van der Waals surface area contributed by atoms with Gasteiger partial charge in [-0.15, -0.1) is 0 Å². The normalized spacial score (nSPS) is 11.8. The van der Waals surface area contributed by atoms with E-state index >= 15 is 0 Å². The molecular weight excluding hydrogens is 316 g/mol. The van der Waals surface area contributed by atoms with Crippen LogP contribution in [0.3, 0.4) is 0 Å². The Kier molecular flexibility index (Phi) is 5.04. The zero-order valence-corrected chi connectivity index (χ0v) is 12.6. The van der Waals surface area contributed by atoms with E-state index in [4.69, 9.17) is 27.9 Å². The van der Waals surface area contributed by atoms with Gasteiger partial charge in [0, 0.05) is 5.69 Å². The molecule has 0 bridgehead atoms. The van der Waals surface area contributed by atoms with Gasteiger partial charge in [-0.3, -0.25) is 0 Å². The Labute approximate surface area is 131 Å². The fraction of sp³-hybridized carbons (Fsp3) is 0.133. The summed E-state index contributed by atoms with van der Waals surface area (Å²) in [5.74, 6) is -0.921. The smallest absolute Gasteiger partial charge is 0.332 e. The van der Waals surface area contributed by atoms with Gasteiger partial charge in [0.15, 0.2) is 6.04 Å². The lowest BCUT2D eigenvalue weighted by Crippen LogP contribution is -2.22. The van der Waals surface area contributed by atoms with E-state index in [1.165, 1.54) is 19.2 Å². The van der Waals surface area contributed by atoms with Crippen LogP contribution in [-0.2, 0) is 9.53 Å². The van der Waals surface area contributed by atoms with Crippen molar-refractivity contribution in [3.63, 3.8) is 0 Å². The van der Waals surface area contributed by atoms with Gasteiger partial charge in [0.1, 0.15) is 5.82 Å². The summed E-state index contributed by atoms with van der Waals surface area (Å²) in [6.45, 7) is 0. The molecule has 0 aromatic heterocycles. The van der Waals surface area contributed by atoms with E-state index in [2.05, 4.69) is 5.32 Å². The summed E-state index contributed by atoms with van der Waals surface area (Å²) in [4.78, 5) is 11.9. The van der Waals surface area contributed by atoms with Crippen molar-refractivity contribution in [2.45, 2.75) is 6.04 Å². The minimum atomic E-state index is -0.813. The quantitative estimate of drug-likeness (QED) is 0.842. The van der Waals surface area contributed by atoms with Crippen molar-refractivity contribution >= 4 is 34.9 Å². The van der Waals surface area contributed by atoms with E-state index in [1.807, 2.05) is 0 Å². The predicted octanol–water partition coefficient (Wildman–Crippen LogP) is 4.46. The Morgan fingerprint density at radius 1 is 1.19 bits per heavy atom. The number of esters is 1. The van der Waals surface area contributed by atoms with Gasteiger partial charge in [-0.25, -0.2) is 9.18 Å². The SMILES string of the molecule is COC(=O)C(Nc1cccc(F)c1)c1ccc(Cl)c(Cl)c1. The van der Waals surface area contributed by atoms with Crippen LogP contribution in [-0.4, -0.2) is 13.1 Å². The van der Waals surface area contributed by atoms with Crippen molar-refractivity contribution in [2.24, 2.45) is 0 Å². The van der Waals surface area contributed by atoms with Gasteiger partial charge in [0.2, 0.25) is 0 Å². The predicted molar refractivity (Wildman–Crippen MR) is 81.2 cm³/mol. The summed E-state index contributed by atoms with van der Waals surface area (Å²) in [5, 5.41) is 3.62. The average molecular weight is 328 g/mol. The van der Waals surface area contributed by atoms with Crippen LogP contribution < -0.4 is 5.32 Å². The second-order valence-corrected chi connectivity index (χ2v) is 5.10. The molecule has 0 heterocycles. The van der Waals surface area contributed by atoms with Crippen LogP contribution in [0, 0.1) is 5.82 Å². The molecule has 2 rings (SSSR count). The van der Waals surface area contributed by atoms with Crippen LogP contribution in [0.4, 0.5) is 10.1 Å². The van der Waals surface area contributed by atoms with E-state index in [-0.39, 0.29) is 0 Å². The summed E-state index contributed by atoms with van der Waals surface area (Å²) in [6.07, 6.45) is 0. The molecule has 3 nitrogen and oxygen atoms in total. The molecule has 110 valence electrons. The maximum atomic E-state index is 13.2. The van der Waals surface area contributed by atoms with E-state index in [9.17, 15) is 9.18 Å². The molecule has 0 aliphatic rings. The third kappa shape index (κ3) is 3.86. The zero-order valence-electron chi connectivity index (χ0n) is 11.1. The Morgan fingerprint density at radius 2 is 1.95 bits per heavy atom. The molecule has 2 aromatic carbocycles. The second kappa shape index (κ2) is 6.78. The largest absolute Gasteiger partial charge is 0.467 e. The highest BCUT2D eigenvalue weighted by Gasteiger charge is 2.22. The first-order valence-corrected chi connectivity index (χ1v) is 6.81. The number of hydrogen-bond acceptors (Lipinski definition) is 3. The maximum Gasteiger partial charge on any atom is 0.332 e. The summed E-state index contributed by atoms with van der Waals surface area (Å²) in [7, 11) is 1.28. The van der Waals surface area contributed by atoms with Crippen LogP contribution >= 0.6 is 23.2 Å². The standard InChI is InChI=1S/C15H12Cl2FNO2/c1-21-15(20)14(9-5-6-12(16)13(17)7-9)19-11-4-2-3-10(18)8-11/h2-8,14,19H,1H3. The molecular formula is C15H12Cl2FNO2. The maximum absolute atomic E-state index is 13.2. The van der Waals surface area contributed by atoms with Gasteiger partial charge in [0.05, 0.1) is 17.2 Å². The van der Waals surface area contributed by atoms with Crippen LogP contribution in [0.15, 0.2) is 42.5 Å². The Hall–Kier alpha value is -1.78. The lowest BCUT2D eigenvalue weighted by atomic mass is 10.1. The lowest BCUT2D eigenvalue weighted by molar-refractivity contribution is -0.141. The highest BCUT2D eigenvalue weighted by molar-refractivity contribution is 6.42. The molecule has 6 heteroatoms. The number of methoxy groups -OCH3 is 1. The fourth-order valence-corrected chi connectivity index (χ4v) is 2.14. The van der Waals surface area contributed by atoms with Crippen LogP contribution in [0.1, 0.15) is 11.6 Å². The first-order chi connectivity index (χ1) is 10.0. The van der Waals surface area contributed by atoms with Crippen LogP contribution in [0.2, 0.25) is 10.0 Å². The first-order valence-electron chi connectivity index (χ1n) is 6.06. The first kappa shape index (κ1) is 15.6. The van der Waals surface area contributed by atoms with Crippen molar-refractivity contribution in [3.05, 3.63) is 63.9 Å². The van der Waals surface area contributed by atoms with Gasteiger partial charge < -0.3 is 10.1 Å². The third-order valence-corrected chi connectivity index (χ3v) is 3.59. The number of nitrogens with one attached hydrogen (secondary N) is 1. The topological polar surface area (TPSA) is 38.3 Å². The average Bonchev–Trinajstić information content (AvgIpc) is 2.47. The van der Waals surface area contributed by atoms with E-state index in [1.54, 1.807) is 30.3 Å². The van der Waals surface area contributed by atoms with E-state index in [0.717, 1.165) is 0 Å². The molecule has 1 unspecified atom stereocenters. The summed E-state index contributed by atoms with van der Waals surface area (Å²) in [6, 6.07) is 9.79. The highest BCUT2D eigenvalue weighted by Crippen LogP contribution is 2.28. The zero-order chi connectivity index (χ0) is 15.4. The van der Waals surface area contributed by atoms with Gasteiger partial charge in [0.25, 0.3) is 0 Å². The monoisotopic (exact) mass is 327 g/mol. The van der Waals surface area contributed by atoms with Gasteiger partial charge in [-0.1, -0.05) is 35.3 Å². The molecule has 0 saturated carbocycles. The minimum Gasteiger partial charge on any atom is -0.467 e. The van der Waals surface area contributed by atoms with Gasteiger partial charge in [-0.2, -0.15) is 0 Å². The molecule has 0 saturated heterocycles. The summed E-state index contributed by atoms with van der Waals surface area (Å²) < 4.78 is 18.0. The molecule has 1 atom stereocenters. The molecule has 21 heavy (non-hydrogen) atoms. The van der Waals surface area contributed by atoms with Crippen molar-refractivity contribution in [2.75, 3.05) is 12.4 Å². The highest BCUT2D eigenvalue weighted by atomic mass is 35.5. The number of halogens is 3. The number of carbonyl (C=O) groups is 1. The molecule has 0 amide bonds. The molecule has 0 aliphatic heterocycles. The Morgan fingerprint density at radius 3 is 2.57 bits per heavy atom. The Bertz CT molecular complexity index is 664. The number of carbonyl (C=O) groups excluding carboxylic acids is 1. The number of benzene rings is 2. The van der Waals surface area contributed by atoms with E-state index in [0.29, 0.717) is 21.3 Å². The second-order valence-electron chi connectivity index (χ2n) is 4.28. The molecule has 1 N–H and O–H groups in total. The van der Waals surface area contributed by atoms with Crippen molar-refractivity contribution in [1.82, 2.24) is 0 Å². The van der Waals surface area contributed by atoms with Gasteiger partial charge in [-0.05, 0) is 35.9 Å². The third-order valence-electron chi connectivity index (χ3n) is 2.85. The van der Waals surface area contributed by atoms with E-state index < -0.39 is 17.8 Å². The van der Waals surface area contributed by atoms with Gasteiger partial charge >= 0.3 is 5.97 Å². The Balaban J connectivity index is 2.34. The molecule has 2 aromatic rings. The van der Waals surface area contributed by atoms with Crippen molar-refractivity contribution in [3.8, 4) is 0 Å².